The molecule has 0 unspecified atom stereocenters. The van der Waals surface area contributed by atoms with Gasteiger partial charge < -0.3 is 15.5 Å². The van der Waals surface area contributed by atoms with Crippen molar-refractivity contribution in [2.24, 2.45) is 16.8 Å². The van der Waals surface area contributed by atoms with Gasteiger partial charge in [0, 0.05) is 39.6 Å². The lowest BCUT2D eigenvalue weighted by Crippen LogP contribution is -2.42. The topological polar surface area (TPSA) is 56.7 Å². The summed E-state index contributed by atoms with van der Waals surface area (Å²) in [6.45, 7) is 4.24. The molecule has 2 N–H and O–H groups in total. The second-order valence-corrected chi connectivity index (χ2v) is 7.43. The third-order valence-electron chi connectivity index (χ3n) is 5.05. The van der Waals surface area contributed by atoms with Gasteiger partial charge in [0.2, 0.25) is 5.91 Å². The van der Waals surface area contributed by atoms with Gasteiger partial charge in [0.1, 0.15) is 0 Å². The zero-order chi connectivity index (χ0) is 16.7. The third-order valence-corrected chi connectivity index (χ3v) is 5.05. The van der Waals surface area contributed by atoms with E-state index in [9.17, 15) is 4.79 Å². The summed E-state index contributed by atoms with van der Waals surface area (Å²) in [5.74, 6) is 2.83. The van der Waals surface area contributed by atoms with E-state index in [2.05, 4.69) is 34.5 Å². The van der Waals surface area contributed by atoms with Crippen LogP contribution in [-0.4, -0.2) is 50.0 Å². The molecule has 0 radical (unpaired) electrons. The van der Waals surface area contributed by atoms with E-state index in [4.69, 9.17) is 0 Å². The van der Waals surface area contributed by atoms with E-state index in [1.165, 1.54) is 25.7 Å². The normalized spacial score (nSPS) is 25.1. The molecule has 0 bridgehead atoms. The summed E-state index contributed by atoms with van der Waals surface area (Å²) in [6.07, 6.45) is 9.16. The van der Waals surface area contributed by atoms with Crippen molar-refractivity contribution in [2.75, 3.05) is 27.2 Å². The predicted molar refractivity (Wildman–Crippen MR) is 95.5 cm³/mol. The molecule has 5 nitrogen and oxygen atoms in total. The highest BCUT2D eigenvalue weighted by molar-refractivity contribution is 5.80. The van der Waals surface area contributed by atoms with Crippen LogP contribution in [0.15, 0.2) is 4.99 Å². The van der Waals surface area contributed by atoms with Crippen LogP contribution in [0.1, 0.15) is 58.3 Å². The standard InChI is InChI=1S/C18H34N4O/c1-14-6-8-15(9-7-14)13-22(3)18(19-2)20-12-4-5-17(23)21-16-10-11-16/h14-16H,4-13H2,1-3H3,(H,19,20)(H,21,23). The van der Waals surface area contributed by atoms with Gasteiger partial charge in [-0.1, -0.05) is 19.8 Å². The number of hydrogen-bond donors (Lipinski definition) is 2. The Kier molecular flexibility index (Phi) is 7.18. The average Bonchev–Trinajstić information content (AvgIpc) is 3.33. The first kappa shape index (κ1) is 18.1. The summed E-state index contributed by atoms with van der Waals surface area (Å²) in [7, 11) is 3.95. The quantitative estimate of drug-likeness (QED) is 0.430. The number of hydrogen-bond acceptors (Lipinski definition) is 2. The first-order valence-corrected chi connectivity index (χ1v) is 9.29. The van der Waals surface area contributed by atoms with Crippen molar-refractivity contribution in [1.29, 1.82) is 0 Å². The van der Waals surface area contributed by atoms with E-state index < -0.39 is 0 Å². The second kappa shape index (κ2) is 9.14. The summed E-state index contributed by atoms with van der Waals surface area (Å²) < 4.78 is 0. The van der Waals surface area contributed by atoms with Crippen LogP contribution in [0.2, 0.25) is 0 Å². The fraction of sp³-hybridized carbons (Fsp3) is 0.889. The van der Waals surface area contributed by atoms with E-state index >= 15 is 0 Å². The molecule has 0 aromatic heterocycles. The van der Waals surface area contributed by atoms with Gasteiger partial charge in [0.15, 0.2) is 5.96 Å². The van der Waals surface area contributed by atoms with Gasteiger partial charge >= 0.3 is 0 Å². The Bertz CT molecular complexity index is 398. The van der Waals surface area contributed by atoms with E-state index in [0.717, 1.165) is 50.1 Å². The lowest BCUT2D eigenvalue weighted by atomic mass is 9.83. The minimum Gasteiger partial charge on any atom is -0.356 e. The summed E-state index contributed by atoms with van der Waals surface area (Å²) in [5, 5.41) is 6.42. The van der Waals surface area contributed by atoms with Gasteiger partial charge in [-0.05, 0) is 43.9 Å². The zero-order valence-electron chi connectivity index (χ0n) is 15.1. The van der Waals surface area contributed by atoms with Crippen LogP contribution in [0.5, 0.6) is 0 Å². The van der Waals surface area contributed by atoms with Gasteiger partial charge in [-0.25, -0.2) is 0 Å². The number of carbonyl (C=O) groups is 1. The molecule has 23 heavy (non-hydrogen) atoms. The maximum Gasteiger partial charge on any atom is 0.220 e. The van der Waals surface area contributed by atoms with Crippen molar-refractivity contribution in [3.05, 3.63) is 0 Å². The SMILES string of the molecule is CN=C(NCCCC(=O)NC1CC1)N(C)CC1CCC(C)CC1. The monoisotopic (exact) mass is 322 g/mol. The number of nitrogens with one attached hydrogen (secondary N) is 2. The molecule has 5 heteroatoms. The number of guanidine groups is 1. The highest BCUT2D eigenvalue weighted by Crippen LogP contribution is 2.28. The molecule has 132 valence electrons. The van der Waals surface area contributed by atoms with E-state index in [-0.39, 0.29) is 5.91 Å². The molecule has 0 aromatic carbocycles. The predicted octanol–water partition coefficient (Wildman–Crippen LogP) is 2.38. The molecule has 0 atom stereocenters. The van der Waals surface area contributed by atoms with Crippen molar-refractivity contribution in [3.8, 4) is 0 Å². The molecule has 0 aromatic rings. The zero-order valence-corrected chi connectivity index (χ0v) is 15.1. The first-order valence-electron chi connectivity index (χ1n) is 9.29. The van der Waals surface area contributed by atoms with Crippen molar-refractivity contribution in [1.82, 2.24) is 15.5 Å². The number of aliphatic imine (C=N–C) groups is 1. The molecule has 2 rings (SSSR count). The number of rotatable bonds is 7. The van der Waals surface area contributed by atoms with Crippen molar-refractivity contribution >= 4 is 11.9 Å². The summed E-state index contributed by atoms with van der Waals surface area (Å²) >= 11 is 0. The summed E-state index contributed by atoms with van der Waals surface area (Å²) in [5.41, 5.74) is 0. The Hall–Kier alpha value is -1.26. The van der Waals surface area contributed by atoms with Crippen LogP contribution in [0.3, 0.4) is 0 Å². The van der Waals surface area contributed by atoms with E-state index in [1.807, 2.05) is 7.05 Å². The van der Waals surface area contributed by atoms with Crippen LogP contribution in [0.4, 0.5) is 0 Å². The molecule has 0 aliphatic heterocycles. The van der Waals surface area contributed by atoms with E-state index in [1.54, 1.807) is 0 Å². The van der Waals surface area contributed by atoms with Gasteiger partial charge in [0.25, 0.3) is 0 Å². The Labute approximate surface area is 141 Å². The smallest absolute Gasteiger partial charge is 0.220 e. The maximum atomic E-state index is 11.7. The average molecular weight is 322 g/mol. The minimum atomic E-state index is 0.189. The molecule has 1 amide bonds. The fourth-order valence-electron chi connectivity index (χ4n) is 3.35. The summed E-state index contributed by atoms with van der Waals surface area (Å²) in [6, 6.07) is 0.465. The van der Waals surface area contributed by atoms with Crippen LogP contribution < -0.4 is 10.6 Å². The largest absolute Gasteiger partial charge is 0.356 e. The van der Waals surface area contributed by atoms with Crippen LogP contribution in [-0.2, 0) is 4.79 Å². The molecule has 2 saturated carbocycles. The molecule has 2 aliphatic rings. The number of amides is 1. The maximum absolute atomic E-state index is 11.7. The van der Waals surface area contributed by atoms with E-state index in [0.29, 0.717) is 12.5 Å². The fourth-order valence-corrected chi connectivity index (χ4v) is 3.35. The molecular formula is C18H34N4O. The second-order valence-electron chi connectivity index (χ2n) is 7.43. The Morgan fingerprint density at radius 3 is 2.48 bits per heavy atom. The van der Waals surface area contributed by atoms with Gasteiger partial charge in [-0.15, -0.1) is 0 Å². The first-order chi connectivity index (χ1) is 11.1. The van der Waals surface area contributed by atoms with Crippen molar-refractivity contribution in [2.45, 2.75) is 64.3 Å². The highest BCUT2D eigenvalue weighted by atomic mass is 16.1. The minimum absolute atomic E-state index is 0.189. The van der Waals surface area contributed by atoms with Crippen LogP contribution >= 0.6 is 0 Å². The Morgan fingerprint density at radius 2 is 1.87 bits per heavy atom. The third kappa shape index (κ3) is 6.80. The number of carbonyl (C=O) groups excluding carboxylic acids is 1. The van der Waals surface area contributed by atoms with Crippen LogP contribution in [0, 0.1) is 11.8 Å². The highest BCUT2D eigenvalue weighted by Gasteiger charge is 2.23. The van der Waals surface area contributed by atoms with Gasteiger partial charge in [-0.2, -0.15) is 0 Å². The number of nitrogens with zero attached hydrogens (tertiary/aromatic N) is 2. The lowest BCUT2D eigenvalue weighted by molar-refractivity contribution is -0.121. The molecule has 0 spiro atoms. The molecule has 0 saturated heterocycles. The van der Waals surface area contributed by atoms with Crippen molar-refractivity contribution < 1.29 is 4.79 Å². The summed E-state index contributed by atoms with van der Waals surface area (Å²) in [4.78, 5) is 18.3. The molecule has 2 aliphatic carbocycles. The van der Waals surface area contributed by atoms with Crippen molar-refractivity contribution in [3.63, 3.8) is 0 Å². The molecule has 0 heterocycles. The molecular weight excluding hydrogens is 288 g/mol. The molecule has 2 fully saturated rings. The van der Waals surface area contributed by atoms with Crippen LogP contribution in [0.25, 0.3) is 0 Å². The van der Waals surface area contributed by atoms with Gasteiger partial charge in [0.05, 0.1) is 0 Å². The van der Waals surface area contributed by atoms with Gasteiger partial charge in [-0.3, -0.25) is 9.79 Å². The Morgan fingerprint density at radius 1 is 1.17 bits per heavy atom. The Balaban J connectivity index is 1.60. The lowest BCUT2D eigenvalue weighted by Gasteiger charge is -2.31.